The van der Waals surface area contributed by atoms with Crippen LogP contribution in [0.25, 0.3) is 0 Å². The number of alkyl halides is 3. The van der Waals surface area contributed by atoms with E-state index >= 15 is 0 Å². The van der Waals surface area contributed by atoms with Crippen molar-refractivity contribution in [3.63, 3.8) is 0 Å². The summed E-state index contributed by atoms with van der Waals surface area (Å²) >= 11 is 0. The highest BCUT2D eigenvalue weighted by Crippen LogP contribution is 2.31. The second-order valence-electron chi connectivity index (χ2n) is 5.39. The van der Waals surface area contributed by atoms with Crippen LogP contribution in [0.3, 0.4) is 0 Å². The van der Waals surface area contributed by atoms with Crippen molar-refractivity contribution < 1.29 is 27.4 Å². The van der Waals surface area contributed by atoms with Gasteiger partial charge in [0, 0.05) is 11.8 Å². The first-order valence-electron chi connectivity index (χ1n) is 7.25. The van der Waals surface area contributed by atoms with Crippen LogP contribution < -0.4 is 20.1 Å². The fourth-order valence-electron chi connectivity index (χ4n) is 1.94. The van der Waals surface area contributed by atoms with Gasteiger partial charge in [0.05, 0.1) is 13.7 Å². The fraction of sp³-hybridized carbons (Fsp3) is 0.533. The van der Waals surface area contributed by atoms with Crippen molar-refractivity contribution in [2.24, 2.45) is 5.92 Å². The van der Waals surface area contributed by atoms with Gasteiger partial charge in [-0.3, -0.25) is 4.79 Å². The van der Waals surface area contributed by atoms with E-state index in [0.29, 0.717) is 11.6 Å². The normalized spacial score (nSPS) is 14.4. The third-order valence-corrected chi connectivity index (χ3v) is 3.25. The van der Waals surface area contributed by atoms with E-state index in [1.807, 2.05) is 0 Å². The van der Waals surface area contributed by atoms with Gasteiger partial charge in [-0.2, -0.15) is 13.2 Å². The first kappa shape index (κ1) is 17.4. The zero-order chi connectivity index (χ0) is 16.9. The molecule has 0 aliphatic heterocycles. The SMILES string of the molecule is COc1ccc(NC(=O)CNCC2CC2)cc1OCC(F)(F)F. The first-order valence-corrected chi connectivity index (χ1v) is 7.25. The van der Waals surface area contributed by atoms with Crippen molar-refractivity contribution in [3.05, 3.63) is 18.2 Å². The van der Waals surface area contributed by atoms with Crippen molar-refractivity contribution in [3.8, 4) is 11.5 Å². The van der Waals surface area contributed by atoms with Crippen molar-refractivity contribution >= 4 is 11.6 Å². The molecule has 1 aromatic carbocycles. The zero-order valence-electron chi connectivity index (χ0n) is 12.7. The van der Waals surface area contributed by atoms with Gasteiger partial charge in [-0.05, 0) is 37.4 Å². The Morgan fingerprint density at radius 1 is 1.30 bits per heavy atom. The molecule has 1 saturated carbocycles. The summed E-state index contributed by atoms with van der Waals surface area (Å²) in [6.07, 6.45) is -2.07. The van der Waals surface area contributed by atoms with Crippen molar-refractivity contribution in [1.82, 2.24) is 5.32 Å². The Bertz CT molecular complexity index is 545. The summed E-state index contributed by atoms with van der Waals surface area (Å²) in [4.78, 5) is 11.8. The van der Waals surface area contributed by atoms with Crippen molar-refractivity contribution in [2.45, 2.75) is 19.0 Å². The van der Waals surface area contributed by atoms with Crippen LogP contribution >= 0.6 is 0 Å². The lowest BCUT2D eigenvalue weighted by Gasteiger charge is -2.14. The topological polar surface area (TPSA) is 59.6 Å². The standard InChI is InChI=1S/C15H19F3N2O3/c1-22-12-5-4-11(6-13(12)23-9-15(16,17)18)20-14(21)8-19-7-10-2-3-10/h4-6,10,19H,2-3,7-9H2,1H3,(H,20,21). The van der Waals surface area contributed by atoms with Crippen molar-refractivity contribution in [1.29, 1.82) is 0 Å². The van der Waals surface area contributed by atoms with Crippen LogP contribution in [0.2, 0.25) is 0 Å². The summed E-state index contributed by atoms with van der Waals surface area (Å²) in [6, 6.07) is 4.29. The van der Waals surface area contributed by atoms with Crippen LogP contribution in [0.5, 0.6) is 11.5 Å². The number of ether oxygens (including phenoxy) is 2. The Kier molecular flexibility index (Phi) is 5.70. The molecule has 0 spiro atoms. The number of benzene rings is 1. The van der Waals surface area contributed by atoms with Crippen LogP contribution in [-0.2, 0) is 4.79 Å². The third kappa shape index (κ3) is 6.35. The van der Waals surface area contributed by atoms with E-state index < -0.39 is 12.8 Å². The lowest BCUT2D eigenvalue weighted by atomic mass is 10.2. The Morgan fingerprint density at radius 3 is 2.65 bits per heavy atom. The molecule has 2 N–H and O–H groups in total. The summed E-state index contributed by atoms with van der Waals surface area (Å²) in [5.74, 6) is 0.483. The molecule has 0 bridgehead atoms. The average molecular weight is 332 g/mol. The first-order chi connectivity index (χ1) is 10.9. The van der Waals surface area contributed by atoms with Crippen LogP contribution in [0.4, 0.5) is 18.9 Å². The highest BCUT2D eigenvalue weighted by atomic mass is 19.4. The molecule has 1 aromatic rings. The summed E-state index contributed by atoms with van der Waals surface area (Å²) in [6.45, 7) is -0.471. The van der Waals surface area contributed by atoms with Gasteiger partial charge in [0.15, 0.2) is 18.1 Å². The van der Waals surface area contributed by atoms with Gasteiger partial charge >= 0.3 is 6.18 Å². The van der Waals surface area contributed by atoms with Gasteiger partial charge in [-0.1, -0.05) is 0 Å². The number of methoxy groups -OCH3 is 1. The van der Waals surface area contributed by atoms with Gasteiger partial charge in [-0.15, -0.1) is 0 Å². The quantitative estimate of drug-likeness (QED) is 0.768. The van der Waals surface area contributed by atoms with E-state index in [1.165, 1.54) is 38.2 Å². The van der Waals surface area contributed by atoms with E-state index in [0.717, 1.165) is 6.54 Å². The molecule has 1 aliphatic carbocycles. The molecule has 0 unspecified atom stereocenters. The van der Waals surface area contributed by atoms with E-state index in [4.69, 9.17) is 9.47 Å². The van der Waals surface area contributed by atoms with Crippen LogP contribution in [0.1, 0.15) is 12.8 Å². The maximum absolute atomic E-state index is 12.3. The number of rotatable bonds is 8. The minimum absolute atomic E-state index is 0.0754. The molecule has 23 heavy (non-hydrogen) atoms. The predicted molar refractivity (Wildman–Crippen MR) is 78.8 cm³/mol. The van der Waals surface area contributed by atoms with E-state index in [9.17, 15) is 18.0 Å². The predicted octanol–water partition coefficient (Wildman–Crippen LogP) is 2.57. The molecule has 0 heterocycles. The third-order valence-electron chi connectivity index (χ3n) is 3.25. The molecule has 0 radical (unpaired) electrons. The van der Waals surface area contributed by atoms with Gasteiger partial charge in [0.25, 0.3) is 0 Å². The lowest BCUT2D eigenvalue weighted by Crippen LogP contribution is -2.29. The molecular formula is C15H19F3N2O3. The average Bonchev–Trinajstić information content (AvgIpc) is 3.29. The molecule has 1 aliphatic rings. The Hall–Kier alpha value is -1.96. The molecule has 1 amide bonds. The smallest absolute Gasteiger partial charge is 0.422 e. The Labute approximate surface area is 132 Å². The summed E-state index contributed by atoms with van der Waals surface area (Å²) in [5, 5.41) is 5.64. The maximum Gasteiger partial charge on any atom is 0.422 e. The molecular weight excluding hydrogens is 313 g/mol. The summed E-state index contributed by atoms with van der Waals surface area (Å²) < 4.78 is 46.4. The second-order valence-corrected chi connectivity index (χ2v) is 5.39. The molecule has 0 atom stereocenters. The number of halogens is 3. The van der Waals surface area contributed by atoms with Crippen LogP contribution in [0, 0.1) is 5.92 Å². The molecule has 0 saturated heterocycles. The molecule has 8 heteroatoms. The number of carbonyl (C=O) groups is 1. The van der Waals surface area contributed by atoms with Gasteiger partial charge in [-0.25, -0.2) is 0 Å². The number of amides is 1. The molecule has 5 nitrogen and oxygen atoms in total. The summed E-state index contributed by atoms with van der Waals surface area (Å²) in [7, 11) is 1.33. The molecule has 0 aromatic heterocycles. The largest absolute Gasteiger partial charge is 0.493 e. The fourth-order valence-corrected chi connectivity index (χ4v) is 1.94. The van der Waals surface area contributed by atoms with Gasteiger partial charge in [0.2, 0.25) is 5.91 Å². The molecule has 2 rings (SSSR count). The highest BCUT2D eigenvalue weighted by Gasteiger charge is 2.29. The lowest BCUT2D eigenvalue weighted by molar-refractivity contribution is -0.153. The number of carbonyl (C=O) groups excluding carboxylic acids is 1. The van der Waals surface area contributed by atoms with E-state index in [1.54, 1.807) is 0 Å². The Balaban J connectivity index is 1.91. The number of hydrogen-bond acceptors (Lipinski definition) is 4. The van der Waals surface area contributed by atoms with Gasteiger partial charge < -0.3 is 20.1 Å². The van der Waals surface area contributed by atoms with Crippen LogP contribution in [0.15, 0.2) is 18.2 Å². The number of anilines is 1. The second kappa shape index (κ2) is 7.54. The highest BCUT2D eigenvalue weighted by molar-refractivity contribution is 5.92. The molecule has 128 valence electrons. The van der Waals surface area contributed by atoms with Crippen molar-refractivity contribution in [2.75, 3.05) is 32.1 Å². The monoisotopic (exact) mass is 332 g/mol. The minimum atomic E-state index is -4.45. The maximum atomic E-state index is 12.3. The van der Waals surface area contributed by atoms with E-state index in [-0.39, 0.29) is 24.0 Å². The van der Waals surface area contributed by atoms with Crippen LogP contribution in [-0.4, -0.2) is 38.9 Å². The van der Waals surface area contributed by atoms with Gasteiger partial charge in [0.1, 0.15) is 0 Å². The number of nitrogens with one attached hydrogen (secondary N) is 2. The minimum Gasteiger partial charge on any atom is -0.493 e. The zero-order valence-corrected chi connectivity index (χ0v) is 12.7. The number of hydrogen-bond donors (Lipinski definition) is 2. The van der Waals surface area contributed by atoms with E-state index in [2.05, 4.69) is 10.6 Å². The molecule has 1 fully saturated rings. The Morgan fingerprint density at radius 2 is 2.04 bits per heavy atom. The summed E-state index contributed by atoms with van der Waals surface area (Å²) in [5.41, 5.74) is 0.348.